The highest BCUT2D eigenvalue weighted by molar-refractivity contribution is 9.11. The molecule has 1 aromatic heterocycles. The molecule has 0 fully saturated rings. The van der Waals surface area contributed by atoms with Crippen molar-refractivity contribution in [1.29, 1.82) is 0 Å². The molecular formula is C9H12Br2N2OS. The summed E-state index contributed by atoms with van der Waals surface area (Å²) in [6.07, 6.45) is 3.43. The van der Waals surface area contributed by atoms with Crippen molar-refractivity contribution >= 4 is 48.5 Å². The van der Waals surface area contributed by atoms with E-state index in [0.29, 0.717) is 6.54 Å². The zero-order chi connectivity index (χ0) is 11.4. The number of aromatic nitrogens is 1. The Morgan fingerprint density at radius 3 is 2.80 bits per heavy atom. The summed E-state index contributed by atoms with van der Waals surface area (Å²) in [6.45, 7) is 2.59. The summed E-state index contributed by atoms with van der Waals surface area (Å²) < 4.78 is 13.0. The van der Waals surface area contributed by atoms with Crippen LogP contribution in [0.15, 0.2) is 21.2 Å². The maximum Gasteiger partial charge on any atom is 0.140 e. The highest BCUT2D eigenvalue weighted by Gasteiger charge is 2.07. The Kier molecular flexibility index (Phi) is 5.22. The molecule has 3 nitrogen and oxygen atoms in total. The quantitative estimate of drug-likeness (QED) is 0.902. The summed E-state index contributed by atoms with van der Waals surface area (Å²) >= 11 is 6.73. The van der Waals surface area contributed by atoms with Crippen molar-refractivity contribution in [3.8, 4) is 0 Å². The van der Waals surface area contributed by atoms with Gasteiger partial charge >= 0.3 is 0 Å². The van der Waals surface area contributed by atoms with E-state index in [1.165, 1.54) is 0 Å². The molecule has 0 bridgehead atoms. The van der Waals surface area contributed by atoms with Crippen LogP contribution in [0.3, 0.4) is 0 Å². The first-order valence-electron chi connectivity index (χ1n) is 4.38. The van der Waals surface area contributed by atoms with E-state index in [4.69, 9.17) is 0 Å². The first kappa shape index (κ1) is 13.1. The van der Waals surface area contributed by atoms with Gasteiger partial charge in [-0.3, -0.25) is 4.21 Å². The zero-order valence-electron chi connectivity index (χ0n) is 8.46. The molecule has 15 heavy (non-hydrogen) atoms. The van der Waals surface area contributed by atoms with E-state index in [-0.39, 0.29) is 5.25 Å². The van der Waals surface area contributed by atoms with Gasteiger partial charge in [0, 0.05) is 39.5 Å². The smallest absolute Gasteiger partial charge is 0.140 e. The standard InChI is InChI=1S/C9H12Br2N2OS/c1-6(15(2)14)4-12-9-8(11)3-7(10)5-13-9/h3,5-6H,4H2,1-2H3,(H,12,13). The van der Waals surface area contributed by atoms with Gasteiger partial charge < -0.3 is 5.32 Å². The largest absolute Gasteiger partial charge is 0.368 e. The number of nitrogens with zero attached hydrogens (tertiary/aromatic N) is 1. The van der Waals surface area contributed by atoms with Gasteiger partial charge in [-0.1, -0.05) is 0 Å². The number of hydrogen-bond donors (Lipinski definition) is 1. The number of rotatable bonds is 4. The summed E-state index contributed by atoms with van der Waals surface area (Å²) in [5.74, 6) is 0.774. The van der Waals surface area contributed by atoms with Gasteiger partial charge in [0.2, 0.25) is 0 Å². The molecule has 84 valence electrons. The normalized spacial score (nSPS) is 14.7. The second-order valence-corrected chi connectivity index (χ2v) is 6.75. The fourth-order valence-corrected chi connectivity index (χ4v) is 2.35. The van der Waals surface area contributed by atoms with E-state index in [1.807, 2.05) is 13.0 Å². The Bertz CT molecular complexity index is 373. The number of anilines is 1. The zero-order valence-corrected chi connectivity index (χ0v) is 12.4. The molecule has 0 aliphatic carbocycles. The van der Waals surface area contributed by atoms with Gasteiger partial charge in [-0.15, -0.1) is 0 Å². The monoisotopic (exact) mass is 354 g/mol. The van der Waals surface area contributed by atoms with Gasteiger partial charge in [-0.2, -0.15) is 0 Å². The van der Waals surface area contributed by atoms with Crippen LogP contribution in [0.2, 0.25) is 0 Å². The average molecular weight is 356 g/mol. The molecule has 0 aliphatic rings. The molecule has 0 amide bonds. The molecule has 0 spiro atoms. The van der Waals surface area contributed by atoms with Crippen LogP contribution in [0, 0.1) is 0 Å². The van der Waals surface area contributed by atoms with E-state index in [1.54, 1.807) is 12.5 Å². The van der Waals surface area contributed by atoms with Crippen LogP contribution in [0.5, 0.6) is 0 Å². The van der Waals surface area contributed by atoms with Crippen molar-refractivity contribution in [2.45, 2.75) is 12.2 Å². The van der Waals surface area contributed by atoms with Gasteiger partial charge in [0.1, 0.15) is 5.82 Å². The molecule has 0 aromatic carbocycles. The SMILES string of the molecule is CC(CNc1ncc(Br)cc1Br)S(C)=O. The van der Waals surface area contributed by atoms with Crippen LogP contribution >= 0.6 is 31.9 Å². The Morgan fingerprint density at radius 1 is 1.60 bits per heavy atom. The van der Waals surface area contributed by atoms with Gasteiger partial charge in [0.25, 0.3) is 0 Å². The Hall–Kier alpha value is 0.0600. The number of hydrogen-bond acceptors (Lipinski definition) is 3. The minimum absolute atomic E-state index is 0.113. The summed E-state index contributed by atoms with van der Waals surface area (Å²) in [5, 5.41) is 3.26. The molecule has 0 aliphatic heterocycles. The van der Waals surface area contributed by atoms with Crippen molar-refractivity contribution in [3.05, 3.63) is 21.2 Å². The summed E-state index contributed by atoms with van der Waals surface area (Å²) in [4.78, 5) is 4.21. The van der Waals surface area contributed by atoms with Crippen molar-refractivity contribution in [2.24, 2.45) is 0 Å². The predicted molar refractivity (Wildman–Crippen MR) is 71.7 cm³/mol. The van der Waals surface area contributed by atoms with Gasteiger partial charge in [0.05, 0.1) is 4.47 Å². The van der Waals surface area contributed by atoms with Crippen molar-refractivity contribution in [2.75, 3.05) is 18.1 Å². The third kappa shape index (κ3) is 4.20. The first-order chi connectivity index (χ1) is 7.00. The van der Waals surface area contributed by atoms with Crippen LogP contribution in [0.4, 0.5) is 5.82 Å². The van der Waals surface area contributed by atoms with Crippen molar-refractivity contribution in [1.82, 2.24) is 4.98 Å². The summed E-state index contributed by atoms with van der Waals surface area (Å²) in [6, 6.07) is 1.92. The second-order valence-electron chi connectivity index (χ2n) is 3.17. The minimum Gasteiger partial charge on any atom is -0.368 e. The lowest BCUT2D eigenvalue weighted by molar-refractivity contribution is 0.678. The maximum absolute atomic E-state index is 11.1. The topological polar surface area (TPSA) is 42.0 Å². The van der Waals surface area contributed by atoms with Crippen molar-refractivity contribution < 1.29 is 4.21 Å². The average Bonchev–Trinajstić information content (AvgIpc) is 2.15. The highest BCUT2D eigenvalue weighted by Crippen LogP contribution is 2.23. The molecular weight excluding hydrogens is 344 g/mol. The molecule has 0 saturated carbocycles. The Morgan fingerprint density at radius 2 is 2.27 bits per heavy atom. The van der Waals surface area contributed by atoms with Crippen molar-refractivity contribution in [3.63, 3.8) is 0 Å². The minimum atomic E-state index is -0.810. The number of nitrogens with one attached hydrogen (secondary N) is 1. The van der Waals surface area contributed by atoms with E-state index in [2.05, 4.69) is 42.2 Å². The van der Waals surface area contributed by atoms with E-state index in [0.717, 1.165) is 14.8 Å². The van der Waals surface area contributed by atoms with Gasteiger partial charge in [0.15, 0.2) is 0 Å². The molecule has 2 unspecified atom stereocenters. The molecule has 1 rings (SSSR count). The van der Waals surface area contributed by atoms with Crippen LogP contribution in [0.1, 0.15) is 6.92 Å². The van der Waals surface area contributed by atoms with Gasteiger partial charge in [-0.05, 0) is 44.8 Å². The molecule has 1 heterocycles. The number of halogens is 2. The molecule has 0 radical (unpaired) electrons. The summed E-state index contributed by atoms with van der Waals surface area (Å²) in [7, 11) is -0.810. The summed E-state index contributed by atoms with van der Waals surface area (Å²) in [5.41, 5.74) is 0. The fraction of sp³-hybridized carbons (Fsp3) is 0.444. The Balaban J connectivity index is 2.62. The predicted octanol–water partition coefficient (Wildman–Crippen LogP) is 2.79. The first-order valence-corrected chi connectivity index (χ1v) is 7.58. The second kappa shape index (κ2) is 5.96. The van der Waals surface area contributed by atoms with Crippen LogP contribution in [-0.2, 0) is 10.8 Å². The lowest BCUT2D eigenvalue weighted by Gasteiger charge is -2.11. The molecule has 0 saturated heterocycles. The number of pyridine rings is 1. The van der Waals surface area contributed by atoms with Crippen LogP contribution < -0.4 is 5.32 Å². The molecule has 1 N–H and O–H groups in total. The highest BCUT2D eigenvalue weighted by atomic mass is 79.9. The molecule has 6 heteroatoms. The van der Waals surface area contributed by atoms with Crippen LogP contribution in [0.25, 0.3) is 0 Å². The maximum atomic E-state index is 11.1. The lowest BCUT2D eigenvalue weighted by atomic mass is 10.4. The fourth-order valence-electron chi connectivity index (χ4n) is 0.902. The lowest BCUT2D eigenvalue weighted by Crippen LogP contribution is -2.21. The third-order valence-electron chi connectivity index (χ3n) is 1.93. The Labute approximate surface area is 109 Å². The van der Waals surface area contributed by atoms with E-state index < -0.39 is 10.8 Å². The van der Waals surface area contributed by atoms with Crippen LogP contribution in [-0.4, -0.2) is 27.2 Å². The van der Waals surface area contributed by atoms with E-state index in [9.17, 15) is 4.21 Å². The van der Waals surface area contributed by atoms with Gasteiger partial charge in [-0.25, -0.2) is 4.98 Å². The third-order valence-corrected chi connectivity index (χ3v) is 4.27. The molecule has 1 aromatic rings. The van der Waals surface area contributed by atoms with E-state index >= 15 is 0 Å². The molecule has 2 atom stereocenters.